The Hall–Kier alpha value is -2.64. The first-order valence-corrected chi connectivity index (χ1v) is 9.46. The molecule has 0 aliphatic carbocycles. The summed E-state index contributed by atoms with van der Waals surface area (Å²) in [6.45, 7) is 6.06. The molecule has 1 fully saturated rings. The molecule has 1 saturated heterocycles. The molecule has 0 N–H and O–H groups in total. The van der Waals surface area contributed by atoms with Gasteiger partial charge in [-0.2, -0.15) is 0 Å². The molecule has 7 heteroatoms. The van der Waals surface area contributed by atoms with Crippen LogP contribution in [0.1, 0.15) is 17.0 Å². The van der Waals surface area contributed by atoms with E-state index in [1.807, 2.05) is 18.3 Å². The van der Waals surface area contributed by atoms with Crippen LogP contribution >= 0.6 is 0 Å². The van der Waals surface area contributed by atoms with Gasteiger partial charge in [0.05, 0.1) is 24.6 Å². The summed E-state index contributed by atoms with van der Waals surface area (Å²) >= 11 is 0. The maximum absolute atomic E-state index is 5.47. The minimum Gasteiger partial charge on any atom is -0.376 e. The van der Waals surface area contributed by atoms with E-state index in [9.17, 15) is 0 Å². The molecule has 0 amide bonds. The fraction of sp³-hybridized carbons (Fsp3) is 0.400. The Bertz CT molecular complexity index is 954. The summed E-state index contributed by atoms with van der Waals surface area (Å²) in [6, 6.07) is 8.19. The van der Waals surface area contributed by atoms with Gasteiger partial charge in [0.2, 0.25) is 5.95 Å². The van der Waals surface area contributed by atoms with Gasteiger partial charge in [-0.25, -0.2) is 19.9 Å². The maximum atomic E-state index is 5.47. The van der Waals surface area contributed by atoms with E-state index in [1.165, 1.54) is 0 Å². The van der Waals surface area contributed by atoms with Crippen LogP contribution < -0.4 is 4.90 Å². The van der Waals surface area contributed by atoms with E-state index < -0.39 is 0 Å². The van der Waals surface area contributed by atoms with Crippen LogP contribution in [0.5, 0.6) is 0 Å². The van der Waals surface area contributed by atoms with Gasteiger partial charge >= 0.3 is 0 Å². The normalized spacial score (nSPS) is 17.9. The number of anilines is 1. The van der Waals surface area contributed by atoms with Crippen molar-refractivity contribution >= 4 is 17.0 Å². The van der Waals surface area contributed by atoms with E-state index in [1.54, 1.807) is 6.20 Å². The van der Waals surface area contributed by atoms with E-state index in [4.69, 9.17) is 14.7 Å². The quantitative estimate of drug-likeness (QED) is 0.704. The highest BCUT2D eigenvalue weighted by molar-refractivity contribution is 5.74. The van der Waals surface area contributed by atoms with Crippen molar-refractivity contribution in [3.63, 3.8) is 0 Å². The molecular weight excluding hydrogens is 340 g/mol. The standard InChI is InChI=1S/C20H22N6O/c1-2-15-3-4-17(23-19(15)21-6-1)13-25-7-9-26(10-8-25)20-22-12-16-14-27-11-5-18(16)24-20/h1-4,6,12H,5,7-11,13-14H2. The monoisotopic (exact) mass is 362 g/mol. The Balaban J connectivity index is 1.23. The second kappa shape index (κ2) is 7.17. The Morgan fingerprint density at radius 3 is 2.85 bits per heavy atom. The van der Waals surface area contributed by atoms with Crippen LogP contribution in [0.4, 0.5) is 5.95 Å². The van der Waals surface area contributed by atoms with Crippen molar-refractivity contribution in [2.75, 3.05) is 37.7 Å². The van der Waals surface area contributed by atoms with E-state index in [0.29, 0.717) is 6.61 Å². The molecule has 3 aromatic rings. The summed E-state index contributed by atoms with van der Waals surface area (Å²) in [5.41, 5.74) is 4.15. The van der Waals surface area contributed by atoms with Crippen molar-refractivity contribution < 1.29 is 4.74 Å². The van der Waals surface area contributed by atoms with Crippen LogP contribution in [-0.2, 0) is 24.3 Å². The second-order valence-electron chi connectivity index (χ2n) is 7.06. The molecule has 5 rings (SSSR count). The van der Waals surface area contributed by atoms with Gasteiger partial charge in [0.25, 0.3) is 0 Å². The molecule has 0 saturated carbocycles. The number of hydrogen-bond acceptors (Lipinski definition) is 7. The zero-order chi connectivity index (χ0) is 18.1. The smallest absolute Gasteiger partial charge is 0.225 e. The highest BCUT2D eigenvalue weighted by Gasteiger charge is 2.21. The van der Waals surface area contributed by atoms with Gasteiger partial charge in [0.1, 0.15) is 0 Å². The molecule has 2 aliphatic rings. The molecule has 27 heavy (non-hydrogen) atoms. The van der Waals surface area contributed by atoms with Crippen LogP contribution in [0.15, 0.2) is 36.7 Å². The van der Waals surface area contributed by atoms with Crippen molar-refractivity contribution in [1.82, 2.24) is 24.8 Å². The Labute approximate surface area is 158 Å². The Kier molecular flexibility index (Phi) is 4.39. The first-order valence-electron chi connectivity index (χ1n) is 9.46. The van der Waals surface area contributed by atoms with E-state index in [-0.39, 0.29) is 0 Å². The molecule has 2 aliphatic heterocycles. The number of aromatic nitrogens is 4. The van der Waals surface area contributed by atoms with E-state index >= 15 is 0 Å². The minimum atomic E-state index is 0.636. The fourth-order valence-electron chi connectivity index (χ4n) is 3.69. The summed E-state index contributed by atoms with van der Waals surface area (Å²) in [7, 11) is 0. The van der Waals surface area contributed by atoms with Crippen LogP contribution in [0.3, 0.4) is 0 Å². The molecular formula is C20H22N6O. The van der Waals surface area contributed by atoms with Gasteiger partial charge in [0.15, 0.2) is 5.65 Å². The number of fused-ring (bicyclic) bond motifs is 2. The molecule has 0 atom stereocenters. The van der Waals surface area contributed by atoms with Crippen molar-refractivity contribution in [3.05, 3.63) is 53.6 Å². The lowest BCUT2D eigenvalue weighted by Gasteiger charge is -2.34. The summed E-state index contributed by atoms with van der Waals surface area (Å²) in [4.78, 5) is 23.1. The van der Waals surface area contributed by atoms with Crippen molar-refractivity contribution in [1.29, 1.82) is 0 Å². The third-order valence-electron chi connectivity index (χ3n) is 5.24. The first-order chi connectivity index (χ1) is 13.3. The second-order valence-corrected chi connectivity index (χ2v) is 7.06. The number of piperazine rings is 1. The summed E-state index contributed by atoms with van der Waals surface area (Å²) in [6.07, 6.45) is 4.60. The van der Waals surface area contributed by atoms with Crippen molar-refractivity contribution in [2.24, 2.45) is 0 Å². The molecule has 0 unspecified atom stereocenters. The fourth-order valence-corrected chi connectivity index (χ4v) is 3.69. The average Bonchev–Trinajstić information content (AvgIpc) is 2.74. The summed E-state index contributed by atoms with van der Waals surface area (Å²) < 4.78 is 5.47. The number of rotatable bonds is 3. The number of nitrogens with zero attached hydrogens (tertiary/aromatic N) is 6. The molecule has 0 radical (unpaired) electrons. The van der Waals surface area contributed by atoms with Crippen LogP contribution in [0, 0.1) is 0 Å². The molecule has 3 aromatic heterocycles. The Morgan fingerprint density at radius 2 is 1.93 bits per heavy atom. The Morgan fingerprint density at radius 1 is 1.00 bits per heavy atom. The first kappa shape index (κ1) is 16.5. The molecule has 138 valence electrons. The average molecular weight is 362 g/mol. The van der Waals surface area contributed by atoms with Gasteiger partial charge in [-0.1, -0.05) is 0 Å². The van der Waals surface area contributed by atoms with E-state index in [2.05, 4.69) is 31.9 Å². The molecule has 0 bridgehead atoms. The zero-order valence-corrected chi connectivity index (χ0v) is 15.2. The lowest BCUT2D eigenvalue weighted by atomic mass is 10.1. The maximum Gasteiger partial charge on any atom is 0.225 e. The number of ether oxygens (including phenoxy) is 1. The molecule has 5 heterocycles. The SMILES string of the molecule is c1cnc2nc(CN3CCN(c4ncc5c(n4)CCOC5)CC3)ccc2c1. The van der Waals surface area contributed by atoms with Crippen LogP contribution in [0.25, 0.3) is 11.0 Å². The topological polar surface area (TPSA) is 67.3 Å². The van der Waals surface area contributed by atoms with Crippen molar-refractivity contribution in [2.45, 2.75) is 19.6 Å². The zero-order valence-electron chi connectivity index (χ0n) is 15.2. The summed E-state index contributed by atoms with van der Waals surface area (Å²) in [5, 5.41) is 1.08. The van der Waals surface area contributed by atoms with Crippen LogP contribution in [0.2, 0.25) is 0 Å². The van der Waals surface area contributed by atoms with Gasteiger partial charge in [0, 0.05) is 62.5 Å². The number of hydrogen-bond donors (Lipinski definition) is 0. The molecule has 0 aromatic carbocycles. The predicted octanol–water partition coefficient (Wildman–Crippen LogP) is 1.81. The molecule has 7 nitrogen and oxygen atoms in total. The minimum absolute atomic E-state index is 0.636. The van der Waals surface area contributed by atoms with Crippen LogP contribution in [-0.4, -0.2) is 57.6 Å². The third-order valence-corrected chi connectivity index (χ3v) is 5.24. The van der Waals surface area contributed by atoms with Gasteiger partial charge in [-0.05, 0) is 24.3 Å². The molecule has 0 spiro atoms. The van der Waals surface area contributed by atoms with Gasteiger partial charge < -0.3 is 9.64 Å². The number of pyridine rings is 2. The third kappa shape index (κ3) is 3.48. The van der Waals surface area contributed by atoms with Crippen molar-refractivity contribution in [3.8, 4) is 0 Å². The van der Waals surface area contributed by atoms with Gasteiger partial charge in [-0.15, -0.1) is 0 Å². The highest BCUT2D eigenvalue weighted by atomic mass is 16.5. The van der Waals surface area contributed by atoms with E-state index in [0.717, 1.165) is 79.7 Å². The summed E-state index contributed by atoms with van der Waals surface area (Å²) in [5.74, 6) is 0.850. The largest absolute Gasteiger partial charge is 0.376 e. The lowest BCUT2D eigenvalue weighted by Crippen LogP contribution is -2.46. The lowest BCUT2D eigenvalue weighted by molar-refractivity contribution is 0.109. The predicted molar refractivity (Wildman–Crippen MR) is 102 cm³/mol. The van der Waals surface area contributed by atoms with Gasteiger partial charge in [-0.3, -0.25) is 4.90 Å². The highest BCUT2D eigenvalue weighted by Crippen LogP contribution is 2.19.